The van der Waals surface area contributed by atoms with Crippen molar-refractivity contribution < 1.29 is 8.78 Å². The minimum absolute atomic E-state index is 0.256. The molecule has 0 saturated heterocycles. The highest BCUT2D eigenvalue weighted by atomic mass is 19.3. The van der Waals surface area contributed by atoms with Crippen molar-refractivity contribution in [2.45, 2.75) is 13.0 Å². The van der Waals surface area contributed by atoms with Crippen LogP contribution in [0.15, 0.2) is 12.3 Å². The van der Waals surface area contributed by atoms with E-state index < -0.39 is 6.43 Å². The molecule has 1 aromatic heterocycles. The molecule has 0 unspecified atom stereocenters. The van der Waals surface area contributed by atoms with Crippen molar-refractivity contribution in [3.63, 3.8) is 0 Å². The van der Waals surface area contributed by atoms with Crippen LogP contribution in [0.4, 0.5) is 8.78 Å². The Hall–Kier alpha value is -1.01. The Balaban J connectivity index is 2.50. The van der Waals surface area contributed by atoms with E-state index in [9.17, 15) is 8.78 Å². The first-order valence-electron chi connectivity index (χ1n) is 4.81. The monoisotopic (exact) mass is 218 g/mol. The maximum absolute atomic E-state index is 12.2. The van der Waals surface area contributed by atoms with Crippen molar-refractivity contribution in [2.75, 3.05) is 19.6 Å². The molecule has 0 aromatic carbocycles. The lowest BCUT2D eigenvalue weighted by Gasteiger charge is -2.19. The second kappa shape index (κ2) is 5.77. The van der Waals surface area contributed by atoms with Gasteiger partial charge in [0.1, 0.15) is 0 Å². The predicted octanol–water partition coefficient (Wildman–Crippen LogP) is 0.446. The number of nitrogens with zero attached hydrogens (tertiary/aromatic N) is 3. The van der Waals surface area contributed by atoms with Crippen LogP contribution in [0.2, 0.25) is 0 Å². The van der Waals surface area contributed by atoms with Gasteiger partial charge in [-0.2, -0.15) is 5.10 Å². The summed E-state index contributed by atoms with van der Waals surface area (Å²) in [5, 5.41) is 4.13. The summed E-state index contributed by atoms with van der Waals surface area (Å²) in [6, 6.07) is 1.81. The van der Waals surface area contributed by atoms with Crippen molar-refractivity contribution in [1.29, 1.82) is 0 Å². The third-order valence-electron chi connectivity index (χ3n) is 2.00. The molecule has 6 heteroatoms. The predicted molar refractivity (Wildman–Crippen MR) is 53.5 cm³/mol. The first-order chi connectivity index (χ1) is 7.11. The standard InChI is InChI=1S/C9H16F2N4/c1-14-4-2-8(13-14)6-15(5-3-12)7-9(10)11/h2,4,9H,3,5-7,12H2,1H3. The highest BCUT2D eigenvalue weighted by molar-refractivity contribution is 4.98. The Morgan fingerprint density at radius 1 is 1.60 bits per heavy atom. The molecule has 0 saturated carbocycles. The van der Waals surface area contributed by atoms with Gasteiger partial charge >= 0.3 is 0 Å². The maximum Gasteiger partial charge on any atom is 0.251 e. The molecule has 4 nitrogen and oxygen atoms in total. The van der Waals surface area contributed by atoms with E-state index in [1.165, 1.54) is 0 Å². The van der Waals surface area contributed by atoms with Gasteiger partial charge < -0.3 is 5.73 Å². The molecule has 0 amide bonds. The molecular weight excluding hydrogens is 202 g/mol. The molecule has 0 aliphatic carbocycles. The van der Waals surface area contributed by atoms with Crippen LogP contribution in [0.3, 0.4) is 0 Å². The van der Waals surface area contributed by atoms with Crippen LogP contribution in [-0.4, -0.2) is 40.7 Å². The number of aromatic nitrogens is 2. The van der Waals surface area contributed by atoms with Gasteiger partial charge in [0.15, 0.2) is 0 Å². The molecule has 0 aliphatic rings. The number of rotatable bonds is 6. The summed E-state index contributed by atoms with van der Waals surface area (Å²) in [4.78, 5) is 1.60. The first-order valence-corrected chi connectivity index (χ1v) is 4.81. The van der Waals surface area contributed by atoms with Gasteiger partial charge in [-0.05, 0) is 6.07 Å². The van der Waals surface area contributed by atoms with E-state index in [4.69, 9.17) is 5.73 Å². The maximum atomic E-state index is 12.2. The average molecular weight is 218 g/mol. The van der Waals surface area contributed by atoms with Crippen LogP contribution in [0.1, 0.15) is 5.69 Å². The first kappa shape index (κ1) is 12.1. The van der Waals surface area contributed by atoms with Crippen molar-refractivity contribution in [3.05, 3.63) is 18.0 Å². The zero-order valence-electron chi connectivity index (χ0n) is 8.74. The minimum Gasteiger partial charge on any atom is -0.329 e. The van der Waals surface area contributed by atoms with E-state index in [1.807, 2.05) is 6.07 Å². The number of alkyl halides is 2. The fourth-order valence-corrected chi connectivity index (χ4v) is 1.39. The average Bonchev–Trinajstić information content (AvgIpc) is 2.50. The van der Waals surface area contributed by atoms with Gasteiger partial charge in [-0.15, -0.1) is 0 Å². The fraction of sp³-hybridized carbons (Fsp3) is 0.667. The van der Waals surface area contributed by atoms with Crippen LogP contribution in [0.5, 0.6) is 0 Å². The number of aryl methyl sites for hydroxylation is 1. The van der Waals surface area contributed by atoms with E-state index in [1.54, 1.807) is 22.8 Å². The Labute approximate surface area is 87.7 Å². The van der Waals surface area contributed by atoms with Crippen molar-refractivity contribution in [1.82, 2.24) is 14.7 Å². The summed E-state index contributed by atoms with van der Waals surface area (Å²) in [6.07, 6.45) is -0.543. The van der Waals surface area contributed by atoms with Crippen molar-refractivity contribution >= 4 is 0 Å². The summed E-state index contributed by atoms with van der Waals surface area (Å²) < 4.78 is 26.1. The zero-order chi connectivity index (χ0) is 11.3. The molecule has 1 rings (SSSR count). The Morgan fingerprint density at radius 3 is 2.80 bits per heavy atom. The van der Waals surface area contributed by atoms with E-state index in [0.29, 0.717) is 19.6 Å². The Kier molecular flexibility index (Phi) is 4.64. The Bertz CT molecular complexity index is 287. The quantitative estimate of drug-likeness (QED) is 0.754. The zero-order valence-corrected chi connectivity index (χ0v) is 8.74. The summed E-state index contributed by atoms with van der Waals surface area (Å²) in [5.41, 5.74) is 6.14. The molecule has 2 N–H and O–H groups in total. The van der Waals surface area contributed by atoms with E-state index in [0.717, 1.165) is 5.69 Å². The number of hydrogen-bond acceptors (Lipinski definition) is 3. The third kappa shape index (κ3) is 4.35. The minimum atomic E-state index is -2.33. The normalized spacial score (nSPS) is 11.6. The van der Waals surface area contributed by atoms with Gasteiger partial charge in [-0.25, -0.2) is 8.78 Å². The topological polar surface area (TPSA) is 47.1 Å². The van der Waals surface area contributed by atoms with Gasteiger partial charge in [-0.1, -0.05) is 0 Å². The van der Waals surface area contributed by atoms with Crippen LogP contribution in [0.25, 0.3) is 0 Å². The molecule has 1 aromatic rings. The lowest BCUT2D eigenvalue weighted by atomic mass is 10.3. The molecule has 0 bridgehead atoms. The van der Waals surface area contributed by atoms with Gasteiger partial charge in [0, 0.05) is 32.9 Å². The van der Waals surface area contributed by atoms with Gasteiger partial charge in [0.2, 0.25) is 0 Å². The smallest absolute Gasteiger partial charge is 0.251 e. The molecule has 0 fully saturated rings. The van der Waals surface area contributed by atoms with Gasteiger partial charge in [0.05, 0.1) is 12.2 Å². The largest absolute Gasteiger partial charge is 0.329 e. The van der Waals surface area contributed by atoms with Crippen molar-refractivity contribution in [2.24, 2.45) is 12.8 Å². The molecule has 15 heavy (non-hydrogen) atoms. The van der Waals surface area contributed by atoms with Gasteiger partial charge in [-0.3, -0.25) is 9.58 Å². The molecule has 0 atom stereocenters. The van der Waals surface area contributed by atoms with Crippen LogP contribution in [-0.2, 0) is 13.6 Å². The second-order valence-corrected chi connectivity index (χ2v) is 3.40. The molecule has 0 radical (unpaired) electrons. The van der Waals surface area contributed by atoms with Crippen LogP contribution in [0, 0.1) is 0 Å². The molecular formula is C9H16F2N4. The van der Waals surface area contributed by atoms with Crippen molar-refractivity contribution in [3.8, 4) is 0 Å². The molecule has 0 aliphatic heterocycles. The molecule has 86 valence electrons. The van der Waals surface area contributed by atoms with Crippen LogP contribution >= 0.6 is 0 Å². The lowest BCUT2D eigenvalue weighted by molar-refractivity contribution is 0.0856. The highest BCUT2D eigenvalue weighted by Gasteiger charge is 2.12. The highest BCUT2D eigenvalue weighted by Crippen LogP contribution is 2.04. The summed E-state index contributed by atoms with van der Waals surface area (Å²) >= 11 is 0. The van der Waals surface area contributed by atoms with E-state index in [2.05, 4.69) is 5.10 Å². The third-order valence-corrected chi connectivity index (χ3v) is 2.00. The van der Waals surface area contributed by atoms with E-state index in [-0.39, 0.29) is 6.54 Å². The SMILES string of the molecule is Cn1ccc(CN(CCN)CC(F)F)n1. The van der Waals surface area contributed by atoms with E-state index >= 15 is 0 Å². The number of halogens is 2. The second-order valence-electron chi connectivity index (χ2n) is 3.40. The summed E-state index contributed by atoms with van der Waals surface area (Å²) in [7, 11) is 1.80. The summed E-state index contributed by atoms with van der Waals surface area (Å²) in [5.74, 6) is 0. The molecule has 0 spiro atoms. The molecule has 1 heterocycles. The summed E-state index contributed by atoms with van der Waals surface area (Å²) in [6.45, 7) is 0.997. The number of nitrogens with two attached hydrogens (primary N) is 1. The van der Waals surface area contributed by atoms with Crippen LogP contribution < -0.4 is 5.73 Å². The Morgan fingerprint density at radius 2 is 2.33 bits per heavy atom. The fourth-order valence-electron chi connectivity index (χ4n) is 1.39. The lowest BCUT2D eigenvalue weighted by Crippen LogP contribution is -2.33. The number of hydrogen-bond donors (Lipinski definition) is 1. The van der Waals surface area contributed by atoms with Gasteiger partial charge in [0.25, 0.3) is 6.43 Å².